The first-order valence-corrected chi connectivity index (χ1v) is 14.5. The fraction of sp³-hybridized carbons (Fsp3) is 0.278. The Kier molecular flexibility index (Phi) is 9.42. The van der Waals surface area contributed by atoms with E-state index in [4.69, 9.17) is 14.2 Å². The zero-order chi connectivity index (χ0) is 30.3. The average Bonchev–Trinajstić information content (AvgIpc) is 3.53. The summed E-state index contributed by atoms with van der Waals surface area (Å²) in [6.45, 7) is 1.97. The molecule has 0 radical (unpaired) electrons. The van der Waals surface area contributed by atoms with Crippen molar-refractivity contribution >= 4 is 11.9 Å². The highest BCUT2D eigenvalue weighted by atomic mass is 16.5. The first-order valence-electron chi connectivity index (χ1n) is 14.5. The van der Waals surface area contributed by atoms with Crippen molar-refractivity contribution in [2.75, 3.05) is 27.4 Å². The fourth-order valence-electron chi connectivity index (χ4n) is 5.81. The Morgan fingerprint density at radius 2 is 1.42 bits per heavy atom. The molecule has 7 nitrogen and oxygen atoms in total. The number of likely N-dealkylation sites (tertiary alicyclic amines) is 1. The van der Waals surface area contributed by atoms with E-state index in [2.05, 4.69) is 0 Å². The molecule has 0 bridgehead atoms. The lowest BCUT2D eigenvalue weighted by Gasteiger charge is -2.29. The van der Waals surface area contributed by atoms with Crippen LogP contribution in [0.5, 0.6) is 17.2 Å². The van der Waals surface area contributed by atoms with Crippen LogP contribution in [0.15, 0.2) is 91.0 Å². The number of aliphatic hydroxyl groups is 1. The summed E-state index contributed by atoms with van der Waals surface area (Å²) in [6.07, 6.45) is 2.09. The van der Waals surface area contributed by atoms with Gasteiger partial charge in [0.2, 0.25) is 5.91 Å². The van der Waals surface area contributed by atoms with Gasteiger partial charge in [0.05, 0.1) is 32.8 Å². The maximum atomic E-state index is 14.1. The van der Waals surface area contributed by atoms with Crippen LogP contribution in [0.2, 0.25) is 0 Å². The summed E-state index contributed by atoms with van der Waals surface area (Å²) in [7, 11) is 3.23. The molecule has 1 fully saturated rings. The van der Waals surface area contributed by atoms with E-state index in [-0.39, 0.29) is 18.6 Å². The lowest BCUT2D eigenvalue weighted by atomic mass is 9.87. The zero-order valence-electron chi connectivity index (χ0n) is 24.8. The molecule has 43 heavy (non-hydrogen) atoms. The molecule has 0 spiro atoms. The van der Waals surface area contributed by atoms with Crippen molar-refractivity contribution in [3.63, 3.8) is 0 Å². The van der Waals surface area contributed by atoms with Crippen molar-refractivity contribution in [1.82, 2.24) is 4.90 Å². The average molecular weight is 580 g/mol. The minimum absolute atomic E-state index is 0.00353. The van der Waals surface area contributed by atoms with Crippen LogP contribution < -0.4 is 14.2 Å². The topological polar surface area (TPSA) is 85.3 Å². The quantitative estimate of drug-likeness (QED) is 0.176. The number of esters is 1. The van der Waals surface area contributed by atoms with Gasteiger partial charge in [0.1, 0.15) is 17.2 Å². The number of hydrogen-bond donors (Lipinski definition) is 1. The Hall–Kier alpha value is -4.62. The number of benzene rings is 4. The number of carbonyl (C=O) groups is 2. The van der Waals surface area contributed by atoms with Crippen molar-refractivity contribution in [1.29, 1.82) is 0 Å². The predicted octanol–water partition coefficient (Wildman–Crippen LogP) is 6.27. The zero-order valence-corrected chi connectivity index (χ0v) is 24.8. The van der Waals surface area contributed by atoms with Gasteiger partial charge in [-0.1, -0.05) is 54.6 Å². The highest BCUT2D eigenvalue weighted by Crippen LogP contribution is 2.42. The van der Waals surface area contributed by atoms with E-state index < -0.39 is 11.9 Å². The van der Waals surface area contributed by atoms with Crippen LogP contribution in [0.3, 0.4) is 0 Å². The van der Waals surface area contributed by atoms with Gasteiger partial charge in [-0.3, -0.25) is 9.59 Å². The van der Waals surface area contributed by atoms with Gasteiger partial charge in [-0.15, -0.1) is 0 Å². The number of carbonyl (C=O) groups excluding carboxylic acids is 2. The van der Waals surface area contributed by atoms with Crippen LogP contribution >= 0.6 is 0 Å². The molecule has 0 aliphatic carbocycles. The normalized spacial score (nSPS) is 15.2. The van der Waals surface area contributed by atoms with E-state index in [0.29, 0.717) is 30.2 Å². The van der Waals surface area contributed by atoms with Crippen molar-refractivity contribution < 1.29 is 28.9 Å². The van der Waals surface area contributed by atoms with E-state index in [1.54, 1.807) is 14.2 Å². The van der Waals surface area contributed by atoms with E-state index in [1.807, 2.05) is 95.9 Å². The van der Waals surface area contributed by atoms with Gasteiger partial charge in [-0.05, 0) is 77.9 Å². The highest BCUT2D eigenvalue weighted by molar-refractivity contribution is 5.88. The molecule has 0 aromatic heterocycles. The van der Waals surface area contributed by atoms with Gasteiger partial charge in [0.15, 0.2) is 0 Å². The molecular weight excluding hydrogens is 542 g/mol. The minimum atomic E-state index is -0.458. The van der Waals surface area contributed by atoms with Crippen LogP contribution in [0.4, 0.5) is 0 Å². The summed E-state index contributed by atoms with van der Waals surface area (Å²) in [5, 5.41) is 9.98. The molecular formula is C36H37NO6. The smallest absolute Gasteiger partial charge is 0.308 e. The SMILES string of the molecule is COc1ccc(-c2cc(CC(C(=O)N3CCC[C@H]3CO)c3ccccc3)cc(-c3ccc(OC)cc3)c2OC(C)=O)cc1. The summed E-state index contributed by atoms with van der Waals surface area (Å²) in [6, 6.07) is 28.8. The molecule has 1 saturated heterocycles. The predicted molar refractivity (Wildman–Crippen MR) is 166 cm³/mol. The number of methoxy groups -OCH3 is 2. The van der Waals surface area contributed by atoms with Crippen molar-refractivity contribution in [2.24, 2.45) is 0 Å². The van der Waals surface area contributed by atoms with Crippen molar-refractivity contribution in [2.45, 2.75) is 38.1 Å². The fourth-order valence-corrected chi connectivity index (χ4v) is 5.81. The van der Waals surface area contributed by atoms with Crippen LogP contribution in [0, 0.1) is 0 Å². The Bertz CT molecular complexity index is 1480. The number of nitrogens with zero attached hydrogens (tertiary/aromatic N) is 1. The van der Waals surface area contributed by atoms with Crippen molar-refractivity contribution in [3.8, 4) is 39.5 Å². The maximum Gasteiger partial charge on any atom is 0.308 e. The van der Waals surface area contributed by atoms with Gasteiger partial charge >= 0.3 is 5.97 Å². The molecule has 5 rings (SSSR count). The highest BCUT2D eigenvalue weighted by Gasteiger charge is 2.34. The minimum Gasteiger partial charge on any atom is -0.497 e. The molecule has 1 unspecified atom stereocenters. The summed E-state index contributed by atoms with van der Waals surface area (Å²) in [5.74, 6) is 0.975. The summed E-state index contributed by atoms with van der Waals surface area (Å²) >= 11 is 0. The van der Waals surface area contributed by atoms with Gasteiger partial charge in [0, 0.05) is 24.6 Å². The number of ether oxygens (including phenoxy) is 3. The second kappa shape index (κ2) is 13.6. The third-order valence-electron chi connectivity index (χ3n) is 8.01. The lowest BCUT2D eigenvalue weighted by Crippen LogP contribution is -2.41. The lowest BCUT2D eigenvalue weighted by molar-refractivity contribution is -0.134. The number of amides is 1. The number of hydrogen-bond acceptors (Lipinski definition) is 6. The third-order valence-corrected chi connectivity index (χ3v) is 8.01. The Labute approximate surface area is 252 Å². The summed E-state index contributed by atoms with van der Waals surface area (Å²) < 4.78 is 16.6. The molecule has 1 aliphatic heterocycles. The summed E-state index contributed by atoms with van der Waals surface area (Å²) in [4.78, 5) is 28.3. The van der Waals surface area contributed by atoms with E-state index in [1.165, 1.54) is 6.92 Å². The van der Waals surface area contributed by atoms with Gasteiger partial charge in [-0.25, -0.2) is 0 Å². The molecule has 1 aliphatic rings. The Morgan fingerprint density at radius 3 is 1.91 bits per heavy atom. The van der Waals surface area contributed by atoms with Crippen LogP contribution in [0.25, 0.3) is 22.3 Å². The summed E-state index contributed by atoms with van der Waals surface area (Å²) in [5.41, 5.74) is 4.98. The second-order valence-corrected chi connectivity index (χ2v) is 10.7. The largest absolute Gasteiger partial charge is 0.497 e. The second-order valence-electron chi connectivity index (χ2n) is 10.7. The van der Waals surface area contributed by atoms with Gasteiger partial charge < -0.3 is 24.2 Å². The first kappa shape index (κ1) is 29.9. The molecule has 1 amide bonds. The molecule has 2 atom stereocenters. The van der Waals surface area contributed by atoms with E-state index in [9.17, 15) is 14.7 Å². The monoisotopic (exact) mass is 579 g/mol. The standard InChI is InChI=1S/C36H37NO6/c1-24(39)43-35-32(27-11-15-30(41-2)16-12-27)20-25(21-33(35)28-13-17-31(42-3)18-14-28)22-34(26-8-5-4-6-9-26)36(40)37-19-7-10-29(37)23-38/h4-6,8-9,11-18,20-21,29,34,38H,7,10,19,22-23H2,1-3H3/t29-,34?/m0/s1. The number of aliphatic hydroxyl groups excluding tert-OH is 1. The molecule has 1 heterocycles. The maximum absolute atomic E-state index is 14.1. The molecule has 1 N–H and O–H groups in total. The van der Waals surface area contributed by atoms with Crippen LogP contribution in [-0.2, 0) is 16.0 Å². The Balaban J connectivity index is 1.67. The molecule has 222 valence electrons. The van der Waals surface area contributed by atoms with E-state index >= 15 is 0 Å². The molecule has 7 heteroatoms. The van der Waals surface area contributed by atoms with Gasteiger partial charge in [-0.2, -0.15) is 0 Å². The molecule has 4 aromatic rings. The molecule has 0 saturated carbocycles. The molecule has 4 aromatic carbocycles. The Morgan fingerprint density at radius 1 is 0.860 bits per heavy atom. The van der Waals surface area contributed by atoms with Crippen molar-refractivity contribution in [3.05, 3.63) is 102 Å². The number of rotatable bonds is 10. The van der Waals surface area contributed by atoms with Crippen LogP contribution in [0.1, 0.15) is 36.8 Å². The third kappa shape index (κ3) is 6.73. The van der Waals surface area contributed by atoms with E-state index in [0.717, 1.165) is 46.2 Å². The van der Waals surface area contributed by atoms with Crippen LogP contribution in [-0.4, -0.2) is 55.3 Å². The first-order chi connectivity index (χ1) is 20.9. The van der Waals surface area contributed by atoms with Gasteiger partial charge in [0.25, 0.3) is 0 Å².